The molecule has 7 nitrogen and oxygen atoms in total. The lowest BCUT2D eigenvalue weighted by molar-refractivity contribution is -0.142. The highest BCUT2D eigenvalue weighted by Gasteiger charge is 2.30. The summed E-state index contributed by atoms with van der Waals surface area (Å²) < 4.78 is 5.56. The van der Waals surface area contributed by atoms with E-state index in [1.54, 1.807) is 0 Å². The van der Waals surface area contributed by atoms with Crippen LogP contribution in [0.4, 0.5) is 0 Å². The summed E-state index contributed by atoms with van der Waals surface area (Å²) in [5.74, 6) is 1.17. The third kappa shape index (κ3) is 6.57. The normalized spacial score (nSPS) is 24.4. The first kappa shape index (κ1) is 22.3. The fourth-order valence-electron chi connectivity index (χ4n) is 4.75. The molecule has 0 bridgehead atoms. The van der Waals surface area contributed by atoms with E-state index in [1.165, 1.54) is 32.1 Å². The minimum Gasteiger partial charge on any atom is -0.368 e. The Bertz CT molecular complexity index is 521. The van der Waals surface area contributed by atoms with Gasteiger partial charge in [0.25, 0.3) is 5.91 Å². The number of carbonyl (C=O) groups is 1. The molecule has 3 rings (SSSR count). The number of nitrogens with zero attached hydrogens (tertiary/aromatic N) is 4. The summed E-state index contributed by atoms with van der Waals surface area (Å²) in [4.78, 5) is 24.2. The van der Waals surface area contributed by atoms with Gasteiger partial charge in [-0.3, -0.25) is 9.79 Å². The molecule has 29 heavy (non-hydrogen) atoms. The molecule has 1 amide bonds. The molecule has 166 valence electrons. The Labute approximate surface area is 176 Å². The van der Waals surface area contributed by atoms with Crippen molar-refractivity contribution in [2.45, 2.75) is 70.4 Å². The highest BCUT2D eigenvalue weighted by atomic mass is 16.5. The van der Waals surface area contributed by atoms with Crippen LogP contribution in [0.25, 0.3) is 0 Å². The van der Waals surface area contributed by atoms with Crippen molar-refractivity contribution in [2.75, 3.05) is 59.5 Å². The summed E-state index contributed by atoms with van der Waals surface area (Å²) in [5, 5.41) is 3.44. The lowest BCUT2D eigenvalue weighted by Gasteiger charge is -2.37. The van der Waals surface area contributed by atoms with Gasteiger partial charge in [0, 0.05) is 51.9 Å². The molecular weight excluding hydrogens is 366 g/mol. The van der Waals surface area contributed by atoms with Gasteiger partial charge in [0.1, 0.15) is 6.10 Å². The van der Waals surface area contributed by atoms with Crippen LogP contribution in [0.3, 0.4) is 0 Å². The highest BCUT2D eigenvalue weighted by molar-refractivity contribution is 5.82. The van der Waals surface area contributed by atoms with Crippen LogP contribution in [0.5, 0.6) is 0 Å². The topological polar surface area (TPSA) is 60.4 Å². The molecule has 1 N–H and O–H groups in total. The molecule has 3 fully saturated rings. The maximum Gasteiger partial charge on any atom is 0.251 e. The maximum absolute atomic E-state index is 12.5. The van der Waals surface area contributed by atoms with E-state index in [4.69, 9.17) is 9.73 Å². The maximum atomic E-state index is 12.5. The number of piperazine rings is 1. The number of rotatable bonds is 7. The van der Waals surface area contributed by atoms with Gasteiger partial charge in [0.2, 0.25) is 0 Å². The monoisotopic (exact) mass is 407 g/mol. The molecule has 0 radical (unpaired) electrons. The third-order valence-corrected chi connectivity index (χ3v) is 6.56. The quantitative estimate of drug-likeness (QED) is 0.397. The first-order chi connectivity index (χ1) is 14.2. The van der Waals surface area contributed by atoms with Gasteiger partial charge in [-0.1, -0.05) is 19.3 Å². The smallest absolute Gasteiger partial charge is 0.251 e. The van der Waals surface area contributed by atoms with Gasteiger partial charge < -0.3 is 24.8 Å². The van der Waals surface area contributed by atoms with Crippen LogP contribution in [0.1, 0.15) is 58.3 Å². The minimum absolute atomic E-state index is 0.176. The van der Waals surface area contributed by atoms with Crippen molar-refractivity contribution >= 4 is 11.9 Å². The predicted molar refractivity (Wildman–Crippen MR) is 117 cm³/mol. The van der Waals surface area contributed by atoms with Gasteiger partial charge in [0.05, 0.1) is 0 Å². The van der Waals surface area contributed by atoms with Crippen molar-refractivity contribution < 1.29 is 9.53 Å². The number of hydrogen-bond acceptors (Lipinski definition) is 4. The summed E-state index contributed by atoms with van der Waals surface area (Å²) >= 11 is 0. The van der Waals surface area contributed by atoms with Gasteiger partial charge in [0.15, 0.2) is 5.96 Å². The van der Waals surface area contributed by atoms with Crippen molar-refractivity contribution in [3.63, 3.8) is 0 Å². The second-order valence-corrected chi connectivity index (χ2v) is 8.68. The van der Waals surface area contributed by atoms with Gasteiger partial charge in [-0.15, -0.1) is 0 Å². The number of carbonyl (C=O) groups excluding carboxylic acids is 1. The van der Waals surface area contributed by atoms with Crippen molar-refractivity contribution in [2.24, 2.45) is 4.99 Å². The SMILES string of the molecule is CCNC(=NCCCN(C)C1CCCCC1)N1CCN(C(=O)C2CCCO2)CC1. The number of aliphatic imine (C=N–C) groups is 1. The Balaban J connectivity index is 1.41. The largest absolute Gasteiger partial charge is 0.368 e. The summed E-state index contributed by atoms with van der Waals surface area (Å²) in [7, 11) is 2.27. The van der Waals surface area contributed by atoms with E-state index < -0.39 is 0 Å². The van der Waals surface area contributed by atoms with Crippen LogP contribution >= 0.6 is 0 Å². The lowest BCUT2D eigenvalue weighted by Crippen LogP contribution is -2.55. The summed E-state index contributed by atoms with van der Waals surface area (Å²) in [6, 6.07) is 0.774. The Morgan fingerprint density at radius 1 is 1.07 bits per heavy atom. The highest BCUT2D eigenvalue weighted by Crippen LogP contribution is 2.21. The Morgan fingerprint density at radius 2 is 1.79 bits per heavy atom. The lowest BCUT2D eigenvalue weighted by atomic mass is 9.94. The molecule has 0 aromatic heterocycles. The number of guanidine groups is 1. The molecule has 1 saturated carbocycles. The van der Waals surface area contributed by atoms with E-state index in [0.717, 1.165) is 83.7 Å². The first-order valence-electron chi connectivity index (χ1n) is 11.8. The van der Waals surface area contributed by atoms with E-state index in [-0.39, 0.29) is 12.0 Å². The van der Waals surface area contributed by atoms with E-state index in [1.807, 2.05) is 4.90 Å². The molecule has 1 atom stereocenters. The zero-order valence-electron chi connectivity index (χ0n) is 18.6. The Morgan fingerprint density at radius 3 is 2.45 bits per heavy atom. The van der Waals surface area contributed by atoms with Gasteiger partial charge in [-0.2, -0.15) is 0 Å². The van der Waals surface area contributed by atoms with Gasteiger partial charge >= 0.3 is 0 Å². The average Bonchev–Trinajstić information content (AvgIpc) is 3.31. The zero-order chi connectivity index (χ0) is 20.5. The standard InChI is InChI=1S/C22H41N5O2/c1-3-23-22(24-12-8-13-25(2)19-9-5-4-6-10-19)27-16-14-26(15-17-27)21(28)20-11-7-18-29-20/h19-20H,3-18H2,1-2H3,(H,23,24). The fraction of sp³-hybridized carbons (Fsp3) is 0.909. The molecular formula is C22H41N5O2. The predicted octanol–water partition coefficient (Wildman–Crippen LogP) is 1.93. The van der Waals surface area contributed by atoms with Crippen LogP contribution < -0.4 is 5.32 Å². The third-order valence-electron chi connectivity index (χ3n) is 6.56. The summed E-state index contributed by atoms with van der Waals surface area (Å²) in [5.41, 5.74) is 0. The Hall–Kier alpha value is -1.34. The number of ether oxygens (including phenoxy) is 1. The van der Waals surface area contributed by atoms with E-state index in [2.05, 4.69) is 29.1 Å². The minimum atomic E-state index is -0.204. The van der Waals surface area contributed by atoms with Crippen LogP contribution in [-0.4, -0.2) is 98.2 Å². The van der Waals surface area contributed by atoms with Crippen molar-refractivity contribution in [1.29, 1.82) is 0 Å². The van der Waals surface area contributed by atoms with E-state index >= 15 is 0 Å². The molecule has 0 aromatic rings. The molecule has 3 aliphatic rings. The molecule has 2 aliphatic heterocycles. The van der Waals surface area contributed by atoms with Crippen molar-refractivity contribution in [3.05, 3.63) is 0 Å². The molecule has 2 heterocycles. The molecule has 0 spiro atoms. The van der Waals surface area contributed by atoms with Crippen molar-refractivity contribution in [1.82, 2.24) is 20.0 Å². The van der Waals surface area contributed by atoms with Crippen LogP contribution in [0.2, 0.25) is 0 Å². The van der Waals surface area contributed by atoms with Crippen LogP contribution in [-0.2, 0) is 9.53 Å². The van der Waals surface area contributed by atoms with Crippen molar-refractivity contribution in [3.8, 4) is 0 Å². The fourth-order valence-corrected chi connectivity index (χ4v) is 4.75. The first-order valence-corrected chi connectivity index (χ1v) is 11.8. The molecule has 0 aromatic carbocycles. The van der Waals surface area contributed by atoms with E-state index in [9.17, 15) is 4.79 Å². The van der Waals surface area contributed by atoms with Crippen LogP contribution in [0.15, 0.2) is 4.99 Å². The molecule has 7 heteroatoms. The van der Waals surface area contributed by atoms with Gasteiger partial charge in [-0.05, 0) is 52.6 Å². The number of amides is 1. The van der Waals surface area contributed by atoms with Gasteiger partial charge in [-0.25, -0.2) is 0 Å². The van der Waals surface area contributed by atoms with E-state index in [0.29, 0.717) is 0 Å². The van der Waals surface area contributed by atoms with Crippen LogP contribution in [0, 0.1) is 0 Å². The summed E-state index contributed by atoms with van der Waals surface area (Å²) in [6.45, 7) is 8.88. The second kappa shape index (κ2) is 11.7. The molecule has 2 saturated heterocycles. The second-order valence-electron chi connectivity index (χ2n) is 8.68. The number of hydrogen-bond donors (Lipinski definition) is 1. The Kier molecular flexibility index (Phi) is 9.05. The molecule has 1 unspecified atom stereocenters. The number of nitrogens with one attached hydrogen (secondary N) is 1. The zero-order valence-corrected chi connectivity index (χ0v) is 18.6. The summed E-state index contributed by atoms with van der Waals surface area (Å²) in [6.07, 6.45) is 9.67. The molecule has 1 aliphatic carbocycles. The average molecular weight is 408 g/mol.